The van der Waals surface area contributed by atoms with Gasteiger partial charge < -0.3 is 9.53 Å². The van der Waals surface area contributed by atoms with Crippen molar-refractivity contribution in [2.75, 3.05) is 7.11 Å². The Balaban J connectivity index is 0.00000254. The highest BCUT2D eigenvalue weighted by Crippen LogP contribution is 2.26. The van der Waals surface area contributed by atoms with Crippen molar-refractivity contribution >= 4 is 17.3 Å². The molecule has 1 atom stereocenters. The predicted molar refractivity (Wildman–Crippen MR) is 96.8 cm³/mol. The van der Waals surface area contributed by atoms with Crippen molar-refractivity contribution in [1.29, 1.82) is 0 Å². The smallest absolute Gasteiger partial charge is 0.164 e. The van der Waals surface area contributed by atoms with Crippen molar-refractivity contribution in [1.82, 2.24) is 0 Å². The van der Waals surface area contributed by atoms with Gasteiger partial charge in [-0.1, -0.05) is 32.9 Å². The van der Waals surface area contributed by atoms with E-state index in [-0.39, 0.29) is 23.8 Å². The van der Waals surface area contributed by atoms with Crippen molar-refractivity contribution in [2.45, 2.75) is 60.3 Å². The third-order valence-electron chi connectivity index (χ3n) is 3.86. The van der Waals surface area contributed by atoms with E-state index < -0.39 is 5.92 Å². The Kier molecular flexibility index (Phi) is 10.6. The molecule has 0 aliphatic carbocycles. The monoisotopic (exact) mass is 334 g/mol. The van der Waals surface area contributed by atoms with Crippen LogP contribution in [0.1, 0.15) is 69.8 Å². The Morgan fingerprint density at radius 3 is 2.21 bits per heavy atom. The van der Waals surface area contributed by atoms with Crippen LogP contribution >= 0.6 is 0 Å². The molecule has 0 saturated carbocycles. The second kappa shape index (κ2) is 11.5. The minimum atomic E-state index is -0.396. The molecule has 0 amide bonds. The maximum atomic E-state index is 12.6. The van der Waals surface area contributed by atoms with Gasteiger partial charge in [0, 0.05) is 29.9 Å². The third kappa shape index (κ3) is 6.65. The van der Waals surface area contributed by atoms with Crippen molar-refractivity contribution in [3.05, 3.63) is 29.3 Å². The van der Waals surface area contributed by atoms with Gasteiger partial charge in [0.1, 0.15) is 17.3 Å². The van der Waals surface area contributed by atoms with Gasteiger partial charge >= 0.3 is 0 Å². The van der Waals surface area contributed by atoms with Crippen LogP contribution in [0.3, 0.4) is 0 Å². The zero-order valence-electron chi connectivity index (χ0n) is 15.8. The van der Waals surface area contributed by atoms with Crippen LogP contribution in [0.5, 0.6) is 5.75 Å². The van der Waals surface area contributed by atoms with E-state index in [1.165, 1.54) is 13.8 Å². The lowest BCUT2D eigenvalue weighted by Crippen LogP contribution is -2.18. The van der Waals surface area contributed by atoms with Gasteiger partial charge in [0.2, 0.25) is 0 Å². The third-order valence-corrected chi connectivity index (χ3v) is 3.86. The maximum Gasteiger partial charge on any atom is 0.164 e. The van der Waals surface area contributed by atoms with Crippen LogP contribution in [0.15, 0.2) is 18.2 Å². The quantitative estimate of drug-likeness (QED) is 0.627. The lowest BCUT2D eigenvalue weighted by molar-refractivity contribution is -0.121. The molecule has 1 unspecified atom stereocenters. The molecule has 0 bridgehead atoms. The second-order valence-electron chi connectivity index (χ2n) is 5.52. The molecule has 0 saturated heterocycles. The van der Waals surface area contributed by atoms with E-state index in [9.17, 15) is 14.4 Å². The van der Waals surface area contributed by atoms with E-state index in [1.54, 1.807) is 19.2 Å². The van der Waals surface area contributed by atoms with Gasteiger partial charge in [0.15, 0.2) is 5.78 Å². The summed E-state index contributed by atoms with van der Waals surface area (Å²) in [7, 11) is 1.58. The van der Waals surface area contributed by atoms with Crippen LogP contribution in [-0.4, -0.2) is 24.5 Å². The summed E-state index contributed by atoms with van der Waals surface area (Å²) >= 11 is 0. The number of carbonyl (C=O) groups excluding carboxylic acids is 3. The van der Waals surface area contributed by atoms with Crippen molar-refractivity contribution in [3.8, 4) is 5.75 Å². The lowest BCUT2D eigenvalue weighted by atomic mass is 9.88. The molecule has 1 rings (SSSR count). The molecule has 134 valence electrons. The molecule has 0 fully saturated rings. The van der Waals surface area contributed by atoms with Gasteiger partial charge in [-0.3, -0.25) is 9.59 Å². The number of hydrogen-bond acceptors (Lipinski definition) is 4. The van der Waals surface area contributed by atoms with E-state index in [4.69, 9.17) is 4.74 Å². The molecule has 0 spiro atoms. The molecule has 0 radical (unpaired) electrons. The molecular weight excluding hydrogens is 304 g/mol. The Hall–Kier alpha value is -1.97. The number of Topliss-reactive ketones (excluding diaryl/α,β-unsaturated/α-hetero) is 3. The SMILES string of the molecule is CC.CCc1c(OC)cccc1C(=O)CC(CCC(C)=O)C(C)=O. The fraction of sp³-hybridized carbons (Fsp3) is 0.550. The second-order valence-corrected chi connectivity index (χ2v) is 5.52. The first kappa shape index (κ1) is 22.0. The van der Waals surface area contributed by atoms with E-state index in [2.05, 4.69) is 0 Å². The molecule has 24 heavy (non-hydrogen) atoms. The summed E-state index contributed by atoms with van der Waals surface area (Å²) < 4.78 is 5.29. The lowest BCUT2D eigenvalue weighted by Gasteiger charge is -2.15. The van der Waals surface area contributed by atoms with Crippen molar-refractivity contribution < 1.29 is 19.1 Å². The van der Waals surface area contributed by atoms with Gasteiger partial charge in [-0.25, -0.2) is 0 Å². The molecule has 0 aliphatic heterocycles. The van der Waals surface area contributed by atoms with Gasteiger partial charge in [-0.15, -0.1) is 0 Å². The summed E-state index contributed by atoms with van der Waals surface area (Å²) in [5, 5.41) is 0. The Morgan fingerprint density at radius 1 is 1.12 bits per heavy atom. The summed E-state index contributed by atoms with van der Waals surface area (Å²) in [4.78, 5) is 35.4. The van der Waals surface area contributed by atoms with E-state index in [0.717, 1.165) is 5.56 Å². The number of ether oxygens (including phenoxy) is 1. The van der Waals surface area contributed by atoms with Crippen LogP contribution in [0.2, 0.25) is 0 Å². The molecule has 0 heterocycles. The molecule has 1 aromatic carbocycles. The van der Waals surface area contributed by atoms with Crippen LogP contribution in [-0.2, 0) is 16.0 Å². The number of ketones is 3. The van der Waals surface area contributed by atoms with Crippen molar-refractivity contribution in [2.24, 2.45) is 5.92 Å². The topological polar surface area (TPSA) is 60.4 Å². The minimum absolute atomic E-state index is 0.0364. The summed E-state index contributed by atoms with van der Waals surface area (Å²) in [6.07, 6.45) is 1.59. The standard InChI is InChI=1S/C18H24O4.C2H6/c1-5-15-16(7-6-8-18(15)22-4)17(21)11-14(13(3)20)10-9-12(2)19;1-2/h6-8,14H,5,9-11H2,1-4H3;1-2H3. The molecule has 0 aromatic heterocycles. The maximum absolute atomic E-state index is 12.6. The fourth-order valence-electron chi connectivity index (χ4n) is 2.54. The molecule has 0 N–H and O–H groups in total. The average molecular weight is 334 g/mol. The first-order chi connectivity index (χ1) is 11.4. The molecule has 1 aromatic rings. The van der Waals surface area contributed by atoms with E-state index >= 15 is 0 Å². The van der Waals surface area contributed by atoms with Gasteiger partial charge in [0.25, 0.3) is 0 Å². The number of hydrogen-bond donors (Lipinski definition) is 0. The number of methoxy groups -OCH3 is 1. The number of carbonyl (C=O) groups is 3. The minimum Gasteiger partial charge on any atom is -0.496 e. The first-order valence-electron chi connectivity index (χ1n) is 8.59. The van der Waals surface area contributed by atoms with E-state index in [0.29, 0.717) is 30.6 Å². The molecule has 0 aliphatic rings. The summed E-state index contributed by atoms with van der Waals surface area (Å²) in [6, 6.07) is 5.38. The Morgan fingerprint density at radius 2 is 1.75 bits per heavy atom. The summed E-state index contributed by atoms with van der Waals surface area (Å²) in [5.74, 6) is 0.216. The molecule has 4 heteroatoms. The van der Waals surface area contributed by atoms with Crippen LogP contribution in [0.4, 0.5) is 0 Å². The Labute approximate surface area is 145 Å². The van der Waals surface area contributed by atoms with Gasteiger partial charge in [-0.05, 0) is 32.8 Å². The summed E-state index contributed by atoms with van der Waals surface area (Å²) in [6.45, 7) is 8.94. The molecule has 4 nitrogen and oxygen atoms in total. The largest absolute Gasteiger partial charge is 0.496 e. The van der Waals surface area contributed by atoms with Crippen LogP contribution < -0.4 is 4.74 Å². The summed E-state index contributed by atoms with van der Waals surface area (Å²) in [5.41, 5.74) is 1.47. The Bertz CT molecular complexity index is 561. The average Bonchev–Trinajstić information content (AvgIpc) is 2.58. The van der Waals surface area contributed by atoms with Gasteiger partial charge in [0.05, 0.1) is 7.11 Å². The molecular formula is C20H30O4. The number of rotatable bonds is 9. The van der Waals surface area contributed by atoms with Crippen LogP contribution in [0, 0.1) is 5.92 Å². The first-order valence-corrected chi connectivity index (χ1v) is 8.59. The van der Waals surface area contributed by atoms with Gasteiger partial charge in [-0.2, -0.15) is 0 Å². The zero-order chi connectivity index (χ0) is 18.7. The highest BCUT2D eigenvalue weighted by atomic mass is 16.5. The highest BCUT2D eigenvalue weighted by Gasteiger charge is 2.22. The van der Waals surface area contributed by atoms with E-state index in [1.807, 2.05) is 26.8 Å². The fourth-order valence-corrected chi connectivity index (χ4v) is 2.54. The highest BCUT2D eigenvalue weighted by molar-refractivity contribution is 6.00. The van der Waals surface area contributed by atoms with Crippen molar-refractivity contribution in [3.63, 3.8) is 0 Å². The normalized spacial score (nSPS) is 11.1. The van der Waals surface area contributed by atoms with Crippen LogP contribution in [0.25, 0.3) is 0 Å². The predicted octanol–water partition coefficient (Wildman–Crippen LogP) is 4.43. The number of benzene rings is 1. The zero-order valence-corrected chi connectivity index (χ0v) is 15.8.